The topological polar surface area (TPSA) is 55.6 Å². The number of aromatic nitrogens is 4. The molecule has 0 aliphatic heterocycles. The van der Waals surface area contributed by atoms with E-state index in [-0.39, 0.29) is 6.04 Å². The average molecular weight is 329 g/mol. The van der Waals surface area contributed by atoms with Gasteiger partial charge in [0, 0.05) is 17.8 Å². The first-order valence-corrected chi connectivity index (χ1v) is 8.29. The van der Waals surface area contributed by atoms with Crippen LogP contribution < -0.4 is 5.32 Å². The number of aryl methyl sites for hydroxylation is 1. The van der Waals surface area contributed by atoms with E-state index in [1.165, 1.54) is 5.56 Å². The van der Waals surface area contributed by atoms with E-state index in [0.29, 0.717) is 0 Å². The van der Waals surface area contributed by atoms with Gasteiger partial charge in [-0.1, -0.05) is 29.8 Å². The molecule has 5 heteroatoms. The summed E-state index contributed by atoms with van der Waals surface area (Å²) in [4.78, 5) is 8.82. The van der Waals surface area contributed by atoms with Gasteiger partial charge in [0.15, 0.2) is 0 Å². The molecule has 0 saturated heterocycles. The number of nitrogens with zero attached hydrogens (tertiary/aromatic N) is 4. The molecule has 0 spiro atoms. The summed E-state index contributed by atoms with van der Waals surface area (Å²) in [7, 11) is 0. The van der Waals surface area contributed by atoms with Crippen LogP contribution >= 0.6 is 0 Å². The summed E-state index contributed by atoms with van der Waals surface area (Å²) in [6, 6.07) is 16.5. The first kappa shape index (κ1) is 15.3. The standard InChI is InChI=1S/C20H19N5/c1-14-8-9-18-17(12-14)20(22-13-21-18)24-15(2)16-6-3-4-7-19(16)25-11-5-10-23-25/h3-13,15H,1-2H3,(H,21,22,24). The fraction of sp³-hybridized carbons (Fsp3) is 0.150. The molecule has 124 valence electrons. The van der Waals surface area contributed by atoms with Crippen LogP contribution in [-0.2, 0) is 0 Å². The summed E-state index contributed by atoms with van der Waals surface area (Å²) >= 11 is 0. The van der Waals surface area contributed by atoms with Crippen molar-refractivity contribution in [1.29, 1.82) is 0 Å². The third-order valence-corrected chi connectivity index (χ3v) is 4.30. The zero-order chi connectivity index (χ0) is 17.2. The lowest BCUT2D eigenvalue weighted by molar-refractivity contribution is 0.815. The molecule has 0 amide bonds. The van der Waals surface area contributed by atoms with Crippen molar-refractivity contribution in [3.8, 4) is 5.69 Å². The molecule has 2 aromatic heterocycles. The van der Waals surface area contributed by atoms with Crippen LogP contribution in [0.2, 0.25) is 0 Å². The molecule has 0 radical (unpaired) electrons. The summed E-state index contributed by atoms with van der Waals surface area (Å²) in [6.45, 7) is 4.21. The van der Waals surface area contributed by atoms with Gasteiger partial charge in [-0.15, -0.1) is 0 Å². The van der Waals surface area contributed by atoms with Crippen LogP contribution in [0.15, 0.2) is 67.3 Å². The van der Waals surface area contributed by atoms with Gasteiger partial charge in [0.2, 0.25) is 0 Å². The summed E-state index contributed by atoms with van der Waals surface area (Å²) in [5.74, 6) is 0.844. The van der Waals surface area contributed by atoms with Gasteiger partial charge >= 0.3 is 0 Å². The van der Waals surface area contributed by atoms with E-state index >= 15 is 0 Å². The lowest BCUT2D eigenvalue weighted by Crippen LogP contribution is -2.12. The number of rotatable bonds is 4. The molecule has 1 atom stereocenters. The van der Waals surface area contributed by atoms with Crippen molar-refractivity contribution < 1.29 is 0 Å². The van der Waals surface area contributed by atoms with Crippen molar-refractivity contribution in [1.82, 2.24) is 19.7 Å². The van der Waals surface area contributed by atoms with Crippen LogP contribution in [0, 0.1) is 6.92 Å². The van der Waals surface area contributed by atoms with Crippen LogP contribution in [0.25, 0.3) is 16.6 Å². The number of nitrogens with one attached hydrogen (secondary N) is 1. The van der Waals surface area contributed by atoms with Gasteiger partial charge in [-0.25, -0.2) is 14.6 Å². The van der Waals surface area contributed by atoms with Crippen molar-refractivity contribution in [2.75, 3.05) is 5.32 Å². The third-order valence-electron chi connectivity index (χ3n) is 4.30. The quantitative estimate of drug-likeness (QED) is 0.606. The number of hydrogen-bond donors (Lipinski definition) is 1. The highest BCUT2D eigenvalue weighted by Crippen LogP contribution is 2.27. The molecule has 0 fully saturated rings. The Morgan fingerprint density at radius 3 is 2.76 bits per heavy atom. The summed E-state index contributed by atoms with van der Waals surface area (Å²) < 4.78 is 1.88. The zero-order valence-electron chi connectivity index (χ0n) is 14.2. The van der Waals surface area contributed by atoms with E-state index in [4.69, 9.17) is 0 Å². The molecule has 1 N–H and O–H groups in total. The highest BCUT2D eigenvalue weighted by molar-refractivity contribution is 5.89. The van der Waals surface area contributed by atoms with Crippen LogP contribution in [0.1, 0.15) is 24.1 Å². The summed E-state index contributed by atoms with van der Waals surface area (Å²) in [5.41, 5.74) is 4.35. The van der Waals surface area contributed by atoms with E-state index in [9.17, 15) is 0 Å². The smallest absolute Gasteiger partial charge is 0.137 e. The SMILES string of the molecule is Cc1ccc2ncnc(NC(C)c3ccccc3-n3cccn3)c2c1. The second-order valence-corrected chi connectivity index (χ2v) is 6.12. The average Bonchev–Trinajstić information content (AvgIpc) is 3.17. The minimum absolute atomic E-state index is 0.0685. The predicted molar refractivity (Wildman–Crippen MR) is 99.9 cm³/mol. The van der Waals surface area contributed by atoms with E-state index in [0.717, 1.165) is 28.0 Å². The zero-order valence-corrected chi connectivity index (χ0v) is 14.2. The van der Waals surface area contributed by atoms with E-state index in [1.807, 2.05) is 35.1 Å². The summed E-state index contributed by atoms with van der Waals surface area (Å²) in [5, 5.41) is 8.93. The van der Waals surface area contributed by atoms with E-state index in [2.05, 4.69) is 58.5 Å². The van der Waals surface area contributed by atoms with Crippen LogP contribution in [0.4, 0.5) is 5.82 Å². The van der Waals surface area contributed by atoms with Crippen molar-refractivity contribution in [3.63, 3.8) is 0 Å². The molecular formula is C20H19N5. The lowest BCUT2D eigenvalue weighted by Gasteiger charge is -2.19. The number of fused-ring (bicyclic) bond motifs is 1. The monoisotopic (exact) mass is 329 g/mol. The third kappa shape index (κ3) is 2.96. The molecule has 2 heterocycles. The minimum Gasteiger partial charge on any atom is -0.363 e. The molecule has 1 unspecified atom stereocenters. The van der Waals surface area contributed by atoms with Gasteiger partial charge in [-0.05, 0) is 43.7 Å². The maximum atomic E-state index is 4.46. The van der Waals surface area contributed by atoms with Gasteiger partial charge in [-0.2, -0.15) is 5.10 Å². The highest BCUT2D eigenvalue weighted by atomic mass is 15.3. The van der Waals surface area contributed by atoms with Crippen molar-refractivity contribution in [2.24, 2.45) is 0 Å². The molecule has 25 heavy (non-hydrogen) atoms. The van der Waals surface area contributed by atoms with Crippen LogP contribution in [-0.4, -0.2) is 19.7 Å². The number of para-hydroxylation sites is 1. The van der Waals surface area contributed by atoms with Gasteiger partial charge in [-0.3, -0.25) is 0 Å². The van der Waals surface area contributed by atoms with Crippen molar-refractivity contribution >= 4 is 16.7 Å². The molecule has 5 nitrogen and oxygen atoms in total. The van der Waals surface area contributed by atoms with Gasteiger partial charge in [0.05, 0.1) is 17.2 Å². The molecule has 0 bridgehead atoms. The van der Waals surface area contributed by atoms with E-state index in [1.54, 1.807) is 12.5 Å². The Morgan fingerprint density at radius 2 is 1.92 bits per heavy atom. The fourth-order valence-electron chi connectivity index (χ4n) is 3.04. The predicted octanol–water partition coefficient (Wildman–Crippen LogP) is 4.30. The second-order valence-electron chi connectivity index (χ2n) is 6.12. The first-order valence-electron chi connectivity index (χ1n) is 8.29. The Bertz CT molecular complexity index is 1010. The molecule has 0 aliphatic carbocycles. The maximum absolute atomic E-state index is 4.46. The highest BCUT2D eigenvalue weighted by Gasteiger charge is 2.14. The number of benzene rings is 2. The molecular weight excluding hydrogens is 310 g/mol. The minimum atomic E-state index is 0.0685. The maximum Gasteiger partial charge on any atom is 0.137 e. The molecule has 4 rings (SSSR count). The lowest BCUT2D eigenvalue weighted by atomic mass is 10.1. The van der Waals surface area contributed by atoms with E-state index < -0.39 is 0 Å². The molecule has 0 saturated carbocycles. The molecule has 2 aromatic carbocycles. The number of anilines is 1. The van der Waals surface area contributed by atoms with Gasteiger partial charge in [0.25, 0.3) is 0 Å². The van der Waals surface area contributed by atoms with Crippen LogP contribution in [0.5, 0.6) is 0 Å². The second kappa shape index (κ2) is 6.36. The fourth-order valence-corrected chi connectivity index (χ4v) is 3.04. The van der Waals surface area contributed by atoms with Gasteiger partial charge in [0.1, 0.15) is 12.1 Å². The first-order chi connectivity index (χ1) is 12.2. The van der Waals surface area contributed by atoms with Crippen molar-refractivity contribution in [3.05, 3.63) is 78.4 Å². The Morgan fingerprint density at radius 1 is 1.04 bits per heavy atom. The molecule has 4 aromatic rings. The van der Waals surface area contributed by atoms with Gasteiger partial charge < -0.3 is 5.32 Å². The van der Waals surface area contributed by atoms with Crippen molar-refractivity contribution in [2.45, 2.75) is 19.9 Å². The normalized spacial score (nSPS) is 12.2. The Labute approximate surface area is 146 Å². The number of hydrogen-bond acceptors (Lipinski definition) is 4. The largest absolute Gasteiger partial charge is 0.363 e. The van der Waals surface area contributed by atoms with Crippen LogP contribution in [0.3, 0.4) is 0 Å². The Hall–Kier alpha value is -3.21. The molecule has 0 aliphatic rings. The Balaban J connectivity index is 1.72. The Kier molecular flexibility index (Phi) is 3.90. The summed E-state index contributed by atoms with van der Waals surface area (Å²) in [6.07, 6.45) is 5.34.